The van der Waals surface area contributed by atoms with Gasteiger partial charge in [-0.05, 0) is 6.08 Å². The molecular weight excluding hydrogens is 284 g/mol. The smallest absolute Gasteiger partial charge is 0.273 e. The number of carbonyl (C=O) groups excluding carboxylic acids is 1. The first-order valence-corrected chi connectivity index (χ1v) is 7.51. The van der Waals surface area contributed by atoms with Crippen LogP contribution in [0, 0.1) is 10.1 Å². The molecule has 7 nitrogen and oxygen atoms in total. The first-order valence-electron chi connectivity index (χ1n) is 5.80. The zero-order valence-corrected chi connectivity index (χ0v) is 11.2. The molecule has 1 aromatic rings. The Hall–Kier alpha value is -2.22. The molecule has 1 aliphatic heterocycles. The second kappa shape index (κ2) is 5.41. The van der Waals surface area contributed by atoms with Gasteiger partial charge < -0.3 is 5.32 Å². The highest BCUT2D eigenvalue weighted by atomic mass is 32.2. The number of carbonyl (C=O) groups is 1. The second-order valence-corrected chi connectivity index (χ2v) is 6.33. The summed E-state index contributed by atoms with van der Waals surface area (Å²) in [5.74, 6) is -0.624. The minimum absolute atomic E-state index is 0.128. The molecule has 0 aromatic heterocycles. The van der Waals surface area contributed by atoms with Gasteiger partial charge in [-0.1, -0.05) is 18.2 Å². The molecule has 20 heavy (non-hydrogen) atoms. The van der Waals surface area contributed by atoms with Gasteiger partial charge >= 0.3 is 0 Å². The average Bonchev–Trinajstić information content (AvgIpc) is 2.68. The van der Waals surface area contributed by atoms with Crippen molar-refractivity contribution in [2.24, 2.45) is 0 Å². The molecule has 1 aromatic carbocycles. The first-order chi connectivity index (χ1) is 9.37. The lowest BCUT2D eigenvalue weighted by atomic mass is 10.1. The summed E-state index contributed by atoms with van der Waals surface area (Å²) in [4.78, 5) is 22.1. The van der Waals surface area contributed by atoms with E-state index in [4.69, 9.17) is 0 Å². The quantitative estimate of drug-likeness (QED) is 0.645. The number of benzene rings is 1. The number of nitrogens with one attached hydrogen (secondary N) is 1. The van der Waals surface area contributed by atoms with Crippen molar-refractivity contribution in [1.82, 2.24) is 5.32 Å². The van der Waals surface area contributed by atoms with Crippen molar-refractivity contribution in [3.8, 4) is 0 Å². The molecule has 0 fully saturated rings. The molecule has 1 amide bonds. The fourth-order valence-electron chi connectivity index (χ4n) is 1.93. The fourth-order valence-corrected chi connectivity index (χ4v) is 3.17. The van der Waals surface area contributed by atoms with Crippen molar-refractivity contribution in [3.63, 3.8) is 0 Å². The van der Waals surface area contributed by atoms with Crippen LogP contribution >= 0.6 is 0 Å². The van der Waals surface area contributed by atoms with Gasteiger partial charge in [0.15, 0.2) is 9.84 Å². The fraction of sp³-hybridized carbons (Fsp3) is 0.250. The van der Waals surface area contributed by atoms with E-state index in [9.17, 15) is 23.3 Å². The Morgan fingerprint density at radius 2 is 2.10 bits per heavy atom. The Morgan fingerprint density at radius 1 is 1.40 bits per heavy atom. The van der Waals surface area contributed by atoms with Crippen LogP contribution in [0.2, 0.25) is 0 Å². The van der Waals surface area contributed by atoms with Gasteiger partial charge in [-0.25, -0.2) is 8.42 Å². The van der Waals surface area contributed by atoms with Crippen LogP contribution in [0.3, 0.4) is 0 Å². The van der Waals surface area contributed by atoms with Crippen LogP contribution in [-0.4, -0.2) is 31.0 Å². The van der Waals surface area contributed by atoms with Gasteiger partial charge in [-0.15, -0.1) is 0 Å². The maximum absolute atomic E-state index is 11.8. The van der Waals surface area contributed by atoms with Gasteiger partial charge in [0, 0.05) is 17.0 Å². The highest BCUT2D eigenvalue weighted by molar-refractivity contribution is 7.94. The maximum Gasteiger partial charge on any atom is 0.273 e. The van der Waals surface area contributed by atoms with E-state index in [2.05, 4.69) is 5.32 Å². The first kappa shape index (κ1) is 14.2. The topological polar surface area (TPSA) is 106 Å². The highest BCUT2D eigenvalue weighted by Gasteiger charge is 2.24. The third-order valence-electron chi connectivity index (χ3n) is 2.82. The Labute approximate surface area is 115 Å². The Morgan fingerprint density at radius 3 is 2.70 bits per heavy atom. The zero-order chi connectivity index (χ0) is 14.8. The van der Waals surface area contributed by atoms with Crippen LogP contribution in [0.25, 0.3) is 0 Å². The molecule has 2 rings (SSSR count). The molecule has 0 aliphatic carbocycles. The number of nitro benzene ring substituents is 1. The van der Waals surface area contributed by atoms with Gasteiger partial charge in [0.25, 0.3) is 5.69 Å². The zero-order valence-electron chi connectivity index (χ0n) is 10.4. The van der Waals surface area contributed by atoms with E-state index < -0.39 is 26.7 Å². The van der Waals surface area contributed by atoms with E-state index in [1.165, 1.54) is 24.3 Å². The van der Waals surface area contributed by atoms with Crippen LogP contribution in [0.4, 0.5) is 5.69 Å². The van der Waals surface area contributed by atoms with Crippen molar-refractivity contribution in [1.29, 1.82) is 0 Å². The summed E-state index contributed by atoms with van der Waals surface area (Å²) >= 11 is 0. The Balaban J connectivity index is 2.03. The lowest BCUT2D eigenvalue weighted by molar-refractivity contribution is -0.385. The van der Waals surface area contributed by atoms with Crippen LogP contribution < -0.4 is 5.32 Å². The van der Waals surface area contributed by atoms with Crippen LogP contribution in [0.5, 0.6) is 0 Å². The van der Waals surface area contributed by atoms with E-state index in [1.54, 1.807) is 6.07 Å². The monoisotopic (exact) mass is 296 g/mol. The number of sulfone groups is 1. The summed E-state index contributed by atoms with van der Waals surface area (Å²) in [6, 6.07) is 5.37. The predicted octanol–water partition coefficient (Wildman–Crippen LogP) is 0.564. The van der Waals surface area contributed by atoms with Crippen molar-refractivity contribution in [2.45, 2.75) is 12.5 Å². The number of para-hydroxylation sites is 1. The van der Waals surface area contributed by atoms with Gasteiger partial charge in [0.2, 0.25) is 5.91 Å². The molecule has 8 heteroatoms. The summed E-state index contributed by atoms with van der Waals surface area (Å²) in [7, 11) is -3.24. The van der Waals surface area contributed by atoms with Crippen LogP contribution in [0.15, 0.2) is 35.7 Å². The van der Waals surface area contributed by atoms with Gasteiger partial charge in [-0.3, -0.25) is 14.9 Å². The summed E-state index contributed by atoms with van der Waals surface area (Å²) in [6.45, 7) is 0. The number of rotatable bonds is 4. The molecule has 1 atom stereocenters. The number of amides is 1. The molecule has 1 heterocycles. The largest absolute Gasteiger partial charge is 0.349 e. The third-order valence-corrected chi connectivity index (χ3v) is 4.21. The standard InChI is InChI=1S/C12H12N2O5S/c15-12(13-10-5-6-20(18,19)8-10)7-9-3-1-2-4-11(9)14(16)17/h1-6,10H,7-8H2,(H,13,15)/t10-/m1/s1. The highest BCUT2D eigenvalue weighted by Crippen LogP contribution is 2.18. The van der Waals surface area contributed by atoms with E-state index in [0.717, 1.165) is 5.41 Å². The molecule has 0 saturated carbocycles. The van der Waals surface area contributed by atoms with E-state index >= 15 is 0 Å². The molecule has 1 N–H and O–H groups in total. The average molecular weight is 296 g/mol. The SMILES string of the molecule is O=C(Cc1ccccc1[N+](=O)[O-])N[C@@H]1C=CS(=O)(=O)C1. The summed E-state index contributed by atoms with van der Waals surface area (Å²) < 4.78 is 22.4. The molecule has 0 unspecified atom stereocenters. The van der Waals surface area contributed by atoms with Crippen molar-refractivity contribution < 1.29 is 18.1 Å². The normalized spacial score (nSPS) is 19.7. The van der Waals surface area contributed by atoms with Crippen LogP contribution in [-0.2, 0) is 21.1 Å². The number of nitro groups is 1. The maximum atomic E-state index is 11.8. The Kier molecular flexibility index (Phi) is 3.84. The third kappa shape index (κ3) is 3.41. The molecule has 0 radical (unpaired) electrons. The van der Waals surface area contributed by atoms with Crippen molar-refractivity contribution in [3.05, 3.63) is 51.4 Å². The van der Waals surface area contributed by atoms with E-state index in [-0.39, 0.29) is 17.9 Å². The number of hydrogen-bond acceptors (Lipinski definition) is 5. The number of nitrogens with zero attached hydrogens (tertiary/aromatic N) is 1. The second-order valence-electron chi connectivity index (χ2n) is 4.39. The molecule has 1 aliphatic rings. The van der Waals surface area contributed by atoms with Crippen molar-refractivity contribution >= 4 is 21.4 Å². The molecular formula is C12H12N2O5S. The summed E-state index contributed by atoms with van der Waals surface area (Å²) in [5.41, 5.74) is 0.164. The molecule has 106 valence electrons. The molecule has 0 saturated heterocycles. The lowest BCUT2D eigenvalue weighted by Crippen LogP contribution is -2.36. The van der Waals surface area contributed by atoms with Crippen molar-refractivity contribution in [2.75, 3.05) is 5.75 Å². The lowest BCUT2D eigenvalue weighted by Gasteiger charge is -2.10. The number of hydrogen-bond donors (Lipinski definition) is 1. The summed E-state index contributed by atoms with van der Waals surface area (Å²) in [6.07, 6.45) is 1.23. The minimum Gasteiger partial charge on any atom is -0.349 e. The van der Waals surface area contributed by atoms with Gasteiger partial charge in [0.05, 0.1) is 23.1 Å². The molecule has 0 spiro atoms. The van der Waals surface area contributed by atoms with E-state index in [1.807, 2.05) is 0 Å². The van der Waals surface area contributed by atoms with E-state index in [0.29, 0.717) is 5.56 Å². The predicted molar refractivity (Wildman–Crippen MR) is 71.7 cm³/mol. The van der Waals surface area contributed by atoms with Gasteiger partial charge in [-0.2, -0.15) is 0 Å². The summed E-state index contributed by atoms with van der Waals surface area (Å²) in [5, 5.41) is 14.4. The van der Waals surface area contributed by atoms with Gasteiger partial charge in [0.1, 0.15) is 0 Å². The van der Waals surface area contributed by atoms with Crippen LogP contribution in [0.1, 0.15) is 5.56 Å². The Bertz CT molecular complexity index is 681. The molecule has 0 bridgehead atoms. The minimum atomic E-state index is -3.24.